The molecule has 0 N–H and O–H groups in total. The number of hydrogen-bond donors (Lipinski definition) is 0. The van der Waals surface area contributed by atoms with Gasteiger partial charge in [-0.2, -0.15) is 0 Å². The van der Waals surface area contributed by atoms with Crippen molar-refractivity contribution < 1.29 is 9.18 Å². The smallest absolute Gasteiger partial charge is 0.274 e. The van der Waals surface area contributed by atoms with Crippen LogP contribution in [0.1, 0.15) is 51.0 Å². The van der Waals surface area contributed by atoms with Gasteiger partial charge < -0.3 is 4.90 Å². The van der Waals surface area contributed by atoms with E-state index < -0.39 is 11.7 Å². The minimum atomic E-state index is -0.656. The normalized spacial score (nSPS) is 16.4. The summed E-state index contributed by atoms with van der Waals surface area (Å²) in [6.45, 7) is 3.72. The number of fused-ring (bicyclic) bond motifs is 1. The molecule has 0 radical (unpaired) electrons. The van der Waals surface area contributed by atoms with Crippen molar-refractivity contribution in [3.05, 3.63) is 109 Å². The van der Waals surface area contributed by atoms with E-state index in [4.69, 9.17) is 11.6 Å². The Hall–Kier alpha value is -3.88. The number of thiazole rings is 1. The molecule has 2 aromatic carbocycles. The summed E-state index contributed by atoms with van der Waals surface area (Å²) in [5.41, 5.74) is 7.10. The van der Waals surface area contributed by atoms with Crippen LogP contribution in [0.4, 0.5) is 4.39 Å². The average Bonchev–Trinajstić information content (AvgIpc) is 3.57. The third-order valence-corrected chi connectivity index (χ3v) is 8.84. The molecule has 1 aliphatic rings. The van der Waals surface area contributed by atoms with Crippen LogP contribution in [0.15, 0.2) is 65.0 Å². The van der Waals surface area contributed by atoms with Crippen LogP contribution in [0, 0.1) is 19.7 Å². The van der Waals surface area contributed by atoms with E-state index in [0.717, 1.165) is 28.8 Å². The van der Waals surface area contributed by atoms with Crippen molar-refractivity contribution in [2.45, 2.75) is 32.1 Å². The third kappa shape index (κ3) is 4.32. The highest BCUT2D eigenvalue weighted by Crippen LogP contribution is 2.57. The number of carbonyl (C=O) groups excluding carboxylic acids is 1. The van der Waals surface area contributed by atoms with Gasteiger partial charge in [-0.3, -0.25) is 19.1 Å². The Kier molecular flexibility index (Phi) is 6.55. The molecule has 1 unspecified atom stereocenters. The van der Waals surface area contributed by atoms with E-state index in [1.165, 1.54) is 21.2 Å². The van der Waals surface area contributed by atoms with Crippen molar-refractivity contribution in [2.75, 3.05) is 14.1 Å². The van der Waals surface area contributed by atoms with Gasteiger partial charge in [0.1, 0.15) is 10.8 Å². The molecule has 6 rings (SSSR count). The maximum absolute atomic E-state index is 15.4. The summed E-state index contributed by atoms with van der Waals surface area (Å²) in [6.07, 6.45) is 2.52. The molecule has 1 saturated carbocycles. The first-order valence-electron chi connectivity index (χ1n) is 12.9. The lowest BCUT2D eigenvalue weighted by Crippen LogP contribution is -2.23. The van der Waals surface area contributed by atoms with E-state index in [1.54, 1.807) is 54.4 Å². The Morgan fingerprint density at radius 1 is 1.07 bits per heavy atom. The molecule has 2 atom stereocenters. The minimum Gasteiger partial charge on any atom is -0.345 e. The Balaban J connectivity index is 1.40. The highest BCUT2D eigenvalue weighted by Gasteiger charge is 2.42. The summed E-state index contributed by atoms with van der Waals surface area (Å²) in [5, 5.41) is 0.192. The van der Waals surface area contributed by atoms with Gasteiger partial charge >= 0.3 is 0 Å². The van der Waals surface area contributed by atoms with Crippen LogP contribution in [0.5, 0.6) is 0 Å². The number of amides is 1. The first-order valence-corrected chi connectivity index (χ1v) is 14.1. The summed E-state index contributed by atoms with van der Waals surface area (Å²) in [5.74, 6) is -0.658. The molecule has 0 saturated heterocycles. The largest absolute Gasteiger partial charge is 0.345 e. The predicted octanol–water partition coefficient (Wildman–Crippen LogP) is 6.89. The van der Waals surface area contributed by atoms with Crippen LogP contribution < -0.4 is 5.56 Å². The van der Waals surface area contributed by atoms with Crippen molar-refractivity contribution in [3.63, 3.8) is 0 Å². The van der Waals surface area contributed by atoms with Gasteiger partial charge in [-0.25, -0.2) is 9.37 Å². The lowest BCUT2D eigenvalue weighted by Gasteiger charge is -2.17. The number of nitrogens with zero attached hydrogens (tertiary/aromatic N) is 4. The van der Waals surface area contributed by atoms with Crippen molar-refractivity contribution in [1.82, 2.24) is 19.4 Å². The number of rotatable bonds is 5. The van der Waals surface area contributed by atoms with Crippen LogP contribution in [0.25, 0.3) is 27.2 Å². The molecular formula is C31H26ClFN4O2S. The zero-order valence-electron chi connectivity index (χ0n) is 22.4. The molecule has 9 heteroatoms. The molecule has 202 valence electrons. The molecule has 1 amide bonds. The second-order valence-electron chi connectivity index (χ2n) is 10.4. The maximum Gasteiger partial charge on any atom is 0.274 e. The fourth-order valence-electron chi connectivity index (χ4n) is 5.42. The molecule has 40 heavy (non-hydrogen) atoms. The fraction of sp³-hybridized carbons (Fsp3) is 0.226. The van der Waals surface area contributed by atoms with Crippen molar-refractivity contribution in [2.24, 2.45) is 0 Å². The summed E-state index contributed by atoms with van der Waals surface area (Å²) in [4.78, 5) is 36.4. The van der Waals surface area contributed by atoms with Gasteiger partial charge in [0.25, 0.3) is 11.5 Å². The molecule has 6 nitrogen and oxygen atoms in total. The highest BCUT2D eigenvalue weighted by molar-refractivity contribution is 7.17. The van der Waals surface area contributed by atoms with Gasteiger partial charge in [0, 0.05) is 31.5 Å². The predicted molar refractivity (Wildman–Crippen MR) is 157 cm³/mol. The maximum atomic E-state index is 15.4. The van der Waals surface area contributed by atoms with Gasteiger partial charge in [-0.15, -0.1) is 11.3 Å². The quantitative estimate of drug-likeness (QED) is 0.230. The van der Waals surface area contributed by atoms with Crippen LogP contribution in [-0.4, -0.2) is 39.4 Å². The zero-order chi connectivity index (χ0) is 28.3. The van der Waals surface area contributed by atoms with E-state index in [9.17, 15) is 9.59 Å². The fourth-order valence-corrected chi connectivity index (χ4v) is 6.57. The van der Waals surface area contributed by atoms with Crippen molar-refractivity contribution >= 4 is 39.1 Å². The number of carbonyl (C=O) groups is 1. The molecule has 3 heterocycles. The lowest BCUT2D eigenvalue weighted by molar-refractivity contribution is 0.0823. The number of pyridine rings is 2. The number of aryl methyl sites for hydroxylation is 2. The van der Waals surface area contributed by atoms with Crippen molar-refractivity contribution in [3.8, 4) is 16.9 Å². The number of aromatic nitrogens is 3. The van der Waals surface area contributed by atoms with E-state index in [0.29, 0.717) is 11.4 Å². The third-order valence-electron chi connectivity index (χ3n) is 7.56. The first kappa shape index (κ1) is 26.3. The Morgan fingerprint density at radius 3 is 2.60 bits per heavy atom. The summed E-state index contributed by atoms with van der Waals surface area (Å²) in [7, 11) is 3.14. The topological polar surface area (TPSA) is 68.1 Å². The Labute approximate surface area is 239 Å². The van der Waals surface area contributed by atoms with Gasteiger partial charge in [0.15, 0.2) is 0 Å². The number of benzene rings is 2. The van der Waals surface area contributed by atoms with Crippen molar-refractivity contribution in [1.29, 1.82) is 0 Å². The summed E-state index contributed by atoms with van der Waals surface area (Å²) in [6, 6.07) is 14.5. The molecule has 5 aromatic rings. The van der Waals surface area contributed by atoms with E-state index in [1.807, 2.05) is 37.6 Å². The number of halogens is 2. The average molecular weight is 573 g/mol. The second-order valence-corrected chi connectivity index (χ2v) is 11.6. The highest BCUT2D eigenvalue weighted by atomic mass is 35.5. The summed E-state index contributed by atoms with van der Waals surface area (Å²) >= 11 is 8.40. The standard InChI is InChI=1S/C31H26ClFN4O2S/c1-16-14-34-25(19-8-5-9-20(28(19)33)30(38)36(3)4)13-26(16)37-17(2)11-23(27(32)31(37)39)22-12-21(22)18-7-6-10-24-29(18)40-15-35-24/h5-11,13-15,21-22H,12H2,1-4H3/t21?,22-/m1/s1. The van der Waals surface area contributed by atoms with Crippen LogP contribution in [0.3, 0.4) is 0 Å². The molecule has 3 aromatic heterocycles. The van der Waals surface area contributed by atoms with Gasteiger partial charge in [0.2, 0.25) is 0 Å². The Morgan fingerprint density at radius 2 is 1.82 bits per heavy atom. The molecule has 1 aliphatic carbocycles. The molecule has 0 aliphatic heterocycles. The molecular weight excluding hydrogens is 547 g/mol. The zero-order valence-corrected chi connectivity index (χ0v) is 24.0. The molecule has 1 fully saturated rings. The van der Waals surface area contributed by atoms with Gasteiger partial charge in [-0.05, 0) is 79.1 Å². The van der Waals surface area contributed by atoms with Crippen LogP contribution >= 0.6 is 22.9 Å². The second kappa shape index (κ2) is 9.94. The minimum absolute atomic E-state index is 0.0415. The SMILES string of the molecule is Cc1cnc(-c2cccc(C(=O)N(C)C)c2F)cc1-n1c(C)cc([C@@H]2CC2c2cccc3ncsc23)c(Cl)c1=O. The monoisotopic (exact) mass is 572 g/mol. The molecule has 0 bridgehead atoms. The van der Waals surface area contributed by atoms with E-state index in [-0.39, 0.29) is 33.5 Å². The number of hydrogen-bond acceptors (Lipinski definition) is 5. The van der Waals surface area contributed by atoms with E-state index >= 15 is 4.39 Å². The lowest BCUT2D eigenvalue weighted by atomic mass is 10.0. The molecule has 0 spiro atoms. The van der Waals surface area contributed by atoms with Crippen LogP contribution in [0.2, 0.25) is 5.02 Å². The Bertz CT molecular complexity index is 1880. The van der Waals surface area contributed by atoms with Gasteiger partial charge in [-0.1, -0.05) is 29.8 Å². The van der Waals surface area contributed by atoms with Gasteiger partial charge in [0.05, 0.1) is 32.7 Å². The first-order chi connectivity index (χ1) is 19.2. The van der Waals surface area contributed by atoms with Crippen LogP contribution in [-0.2, 0) is 0 Å². The van der Waals surface area contributed by atoms with E-state index in [2.05, 4.69) is 16.0 Å². The summed E-state index contributed by atoms with van der Waals surface area (Å²) < 4.78 is 18.2.